The first-order chi connectivity index (χ1) is 9.54. The molecule has 1 heterocycles. The molecule has 1 aromatic carbocycles. The second kappa shape index (κ2) is 6.47. The lowest BCUT2D eigenvalue weighted by Gasteiger charge is -2.39. The highest BCUT2D eigenvalue weighted by Gasteiger charge is 2.30. The highest BCUT2D eigenvalue weighted by atomic mass is 35.5. The number of rotatable bonds is 4. The molecule has 0 aliphatic carbocycles. The number of carbonyl (C=O) groups excluding carboxylic acids is 1. The number of urea groups is 1. The minimum Gasteiger partial charge on any atom is -0.465 e. The number of amides is 3. The Labute approximate surface area is 121 Å². The number of hydrogen-bond acceptors (Lipinski definition) is 2. The highest BCUT2D eigenvalue weighted by Crippen LogP contribution is 2.15. The van der Waals surface area contributed by atoms with Crippen LogP contribution in [0.25, 0.3) is 0 Å². The average Bonchev–Trinajstić information content (AvgIpc) is 2.36. The van der Waals surface area contributed by atoms with E-state index in [9.17, 15) is 9.59 Å². The molecule has 2 rings (SSSR count). The summed E-state index contributed by atoms with van der Waals surface area (Å²) in [5.41, 5.74) is 0.979. The third-order valence-electron chi connectivity index (χ3n) is 3.14. The van der Waals surface area contributed by atoms with Gasteiger partial charge < -0.3 is 20.6 Å². The van der Waals surface area contributed by atoms with Crippen molar-refractivity contribution in [3.05, 3.63) is 34.9 Å². The number of halogens is 1. The van der Waals surface area contributed by atoms with Gasteiger partial charge in [0.2, 0.25) is 0 Å². The van der Waals surface area contributed by atoms with Crippen LogP contribution in [0.4, 0.5) is 9.59 Å². The third-order valence-corrected chi connectivity index (χ3v) is 3.40. The molecular weight excluding hydrogens is 282 g/mol. The zero-order chi connectivity index (χ0) is 14.5. The van der Waals surface area contributed by atoms with Gasteiger partial charge in [0.1, 0.15) is 0 Å². The van der Waals surface area contributed by atoms with Gasteiger partial charge in [-0.05, 0) is 17.7 Å². The van der Waals surface area contributed by atoms with Crippen LogP contribution in [0.2, 0.25) is 5.02 Å². The Hall–Kier alpha value is -1.95. The zero-order valence-electron chi connectivity index (χ0n) is 10.8. The monoisotopic (exact) mass is 297 g/mol. The Morgan fingerprint density at radius 1 is 1.25 bits per heavy atom. The molecule has 1 aliphatic heterocycles. The van der Waals surface area contributed by atoms with Crippen molar-refractivity contribution in [3.63, 3.8) is 0 Å². The van der Waals surface area contributed by atoms with Crippen LogP contribution in [0.3, 0.4) is 0 Å². The number of carbonyl (C=O) groups is 2. The van der Waals surface area contributed by atoms with Crippen molar-refractivity contribution in [1.29, 1.82) is 0 Å². The van der Waals surface area contributed by atoms with E-state index in [1.165, 1.54) is 0 Å². The summed E-state index contributed by atoms with van der Waals surface area (Å²) in [5, 5.41) is 14.3. The second-order valence-corrected chi connectivity index (χ2v) is 5.18. The first kappa shape index (κ1) is 14.5. The van der Waals surface area contributed by atoms with Crippen LogP contribution in [-0.2, 0) is 6.54 Å². The molecule has 0 saturated carbocycles. The van der Waals surface area contributed by atoms with Crippen LogP contribution in [0.15, 0.2) is 24.3 Å². The summed E-state index contributed by atoms with van der Waals surface area (Å²) in [6.07, 6.45) is -1.03. The van der Waals surface area contributed by atoms with Crippen LogP contribution in [-0.4, -0.2) is 41.8 Å². The number of hydrogen-bond donors (Lipinski definition) is 3. The number of nitrogens with zero attached hydrogens (tertiary/aromatic N) is 1. The largest absolute Gasteiger partial charge is 0.465 e. The molecule has 1 aromatic rings. The van der Waals surface area contributed by atoms with Gasteiger partial charge in [-0.15, -0.1) is 0 Å². The molecule has 3 amide bonds. The molecule has 0 atom stereocenters. The van der Waals surface area contributed by atoms with Crippen LogP contribution < -0.4 is 10.6 Å². The maximum Gasteiger partial charge on any atom is 0.404 e. The molecule has 0 unspecified atom stereocenters. The molecule has 7 heteroatoms. The maximum atomic E-state index is 11.8. The molecule has 1 aliphatic rings. The second-order valence-electron chi connectivity index (χ2n) is 4.74. The van der Waals surface area contributed by atoms with Crippen molar-refractivity contribution >= 4 is 23.7 Å². The Morgan fingerprint density at radius 3 is 2.50 bits per heavy atom. The maximum absolute atomic E-state index is 11.8. The molecule has 0 aromatic heterocycles. The lowest BCUT2D eigenvalue weighted by molar-refractivity contribution is 0.118. The normalized spacial score (nSPS) is 14.6. The number of benzene rings is 1. The fourth-order valence-electron chi connectivity index (χ4n) is 1.99. The lowest BCUT2D eigenvalue weighted by Crippen LogP contribution is -2.56. The molecule has 0 radical (unpaired) electrons. The predicted octanol–water partition coefficient (Wildman–Crippen LogP) is 1.75. The fraction of sp³-hybridized carbons (Fsp3) is 0.385. The van der Waals surface area contributed by atoms with Gasteiger partial charge in [-0.1, -0.05) is 23.7 Å². The predicted molar refractivity (Wildman–Crippen MR) is 74.8 cm³/mol. The molecule has 0 bridgehead atoms. The van der Waals surface area contributed by atoms with Gasteiger partial charge in [-0.2, -0.15) is 0 Å². The fourth-order valence-corrected chi connectivity index (χ4v) is 2.11. The van der Waals surface area contributed by atoms with Crippen molar-refractivity contribution in [2.75, 3.05) is 19.6 Å². The van der Waals surface area contributed by atoms with Gasteiger partial charge in [-0.3, -0.25) is 0 Å². The molecule has 108 valence electrons. The van der Waals surface area contributed by atoms with Gasteiger partial charge in [0.15, 0.2) is 0 Å². The van der Waals surface area contributed by atoms with E-state index in [1.807, 2.05) is 12.1 Å². The summed E-state index contributed by atoms with van der Waals surface area (Å²) >= 11 is 5.78. The van der Waals surface area contributed by atoms with Crippen LogP contribution in [0.5, 0.6) is 0 Å². The Morgan fingerprint density at radius 2 is 1.90 bits per heavy atom. The molecule has 1 fully saturated rings. The summed E-state index contributed by atoms with van der Waals surface area (Å²) in [6, 6.07) is 7.14. The van der Waals surface area contributed by atoms with E-state index in [0.717, 1.165) is 5.56 Å². The van der Waals surface area contributed by atoms with Crippen molar-refractivity contribution in [2.45, 2.75) is 6.54 Å². The van der Waals surface area contributed by atoms with Crippen molar-refractivity contribution in [2.24, 2.45) is 5.92 Å². The molecule has 6 nitrogen and oxygen atoms in total. The Balaban J connectivity index is 1.67. The highest BCUT2D eigenvalue weighted by molar-refractivity contribution is 6.30. The van der Waals surface area contributed by atoms with E-state index >= 15 is 0 Å². The minimum absolute atomic E-state index is 0.133. The quantitative estimate of drug-likeness (QED) is 0.792. The minimum atomic E-state index is -1.03. The first-order valence-corrected chi connectivity index (χ1v) is 6.66. The summed E-state index contributed by atoms with van der Waals surface area (Å²) in [5.74, 6) is 0.201. The summed E-state index contributed by atoms with van der Waals surface area (Å²) < 4.78 is 0. The van der Waals surface area contributed by atoms with E-state index in [0.29, 0.717) is 31.2 Å². The summed E-state index contributed by atoms with van der Waals surface area (Å²) in [6.45, 7) is 1.99. The third kappa shape index (κ3) is 4.03. The number of nitrogens with one attached hydrogen (secondary N) is 2. The van der Waals surface area contributed by atoms with Crippen molar-refractivity contribution < 1.29 is 14.7 Å². The summed E-state index contributed by atoms with van der Waals surface area (Å²) in [7, 11) is 0. The Bertz CT molecular complexity index is 486. The topological polar surface area (TPSA) is 81.7 Å². The van der Waals surface area contributed by atoms with Gasteiger partial charge in [-0.25, -0.2) is 9.59 Å². The standard InChI is InChI=1S/C13H16ClN3O3/c14-11-3-1-9(2-4-11)5-15-12(18)17-7-10(8-17)6-16-13(19)20/h1-4,10,16H,5-8H2,(H,15,18)(H,19,20). The van der Waals surface area contributed by atoms with Gasteiger partial charge in [0.25, 0.3) is 0 Å². The smallest absolute Gasteiger partial charge is 0.404 e. The van der Waals surface area contributed by atoms with Crippen LogP contribution in [0.1, 0.15) is 5.56 Å². The molecule has 0 spiro atoms. The first-order valence-electron chi connectivity index (χ1n) is 6.28. The van der Waals surface area contributed by atoms with Crippen LogP contribution >= 0.6 is 11.6 Å². The SMILES string of the molecule is O=C(O)NCC1CN(C(=O)NCc2ccc(Cl)cc2)C1. The van der Waals surface area contributed by atoms with E-state index in [-0.39, 0.29) is 11.9 Å². The van der Waals surface area contributed by atoms with Crippen molar-refractivity contribution in [3.8, 4) is 0 Å². The number of likely N-dealkylation sites (tertiary alicyclic amines) is 1. The van der Waals surface area contributed by atoms with E-state index in [4.69, 9.17) is 16.7 Å². The molecular formula is C13H16ClN3O3. The molecule has 1 saturated heterocycles. The van der Waals surface area contributed by atoms with E-state index in [2.05, 4.69) is 10.6 Å². The Kier molecular flexibility index (Phi) is 4.68. The lowest BCUT2D eigenvalue weighted by atomic mass is 10.0. The van der Waals surface area contributed by atoms with E-state index in [1.54, 1.807) is 17.0 Å². The van der Waals surface area contributed by atoms with E-state index < -0.39 is 6.09 Å². The molecule has 3 N–H and O–H groups in total. The van der Waals surface area contributed by atoms with Crippen molar-refractivity contribution in [1.82, 2.24) is 15.5 Å². The average molecular weight is 298 g/mol. The summed E-state index contributed by atoms with van der Waals surface area (Å²) in [4.78, 5) is 23.8. The zero-order valence-corrected chi connectivity index (χ0v) is 11.6. The number of carboxylic acid groups (broad SMARTS) is 1. The van der Waals surface area contributed by atoms with Crippen LogP contribution in [0, 0.1) is 5.92 Å². The van der Waals surface area contributed by atoms with Gasteiger partial charge in [0.05, 0.1) is 0 Å². The van der Waals surface area contributed by atoms with Gasteiger partial charge >= 0.3 is 12.1 Å². The molecule has 20 heavy (non-hydrogen) atoms. The van der Waals surface area contributed by atoms with Gasteiger partial charge in [0, 0.05) is 37.1 Å².